The molecule has 1 saturated heterocycles. The first-order chi connectivity index (χ1) is 9.07. The molecule has 0 bridgehead atoms. The summed E-state index contributed by atoms with van der Waals surface area (Å²) >= 11 is 9.88. The Labute approximate surface area is 137 Å². The van der Waals surface area contributed by atoms with Crippen LogP contribution in [0, 0.1) is 0 Å². The zero-order valence-electron chi connectivity index (χ0n) is 11.5. The van der Waals surface area contributed by atoms with Gasteiger partial charge < -0.3 is 0 Å². The number of hydrogen-bond acceptors (Lipinski definition) is 9. The van der Waals surface area contributed by atoms with Crippen LogP contribution in [0.2, 0.25) is 0 Å². The fraction of sp³-hybridized carbons (Fsp3) is 1.00. The maximum atomic E-state index is 5.02. The van der Waals surface area contributed by atoms with E-state index in [1.165, 1.54) is 12.2 Å². The Hall–Kier alpha value is 2.72. The second-order valence-electron chi connectivity index (χ2n) is 3.76. The minimum absolute atomic E-state index is 1.01. The fourth-order valence-corrected chi connectivity index (χ4v) is 39.4. The van der Waals surface area contributed by atoms with E-state index in [1.54, 1.807) is 0 Å². The summed E-state index contributed by atoms with van der Waals surface area (Å²) in [4.78, 5) is 11.8. The third-order valence-electron chi connectivity index (χ3n) is 2.71. The molecule has 0 radical (unpaired) electrons. The molecule has 0 atom stereocenters. The monoisotopic (exact) mass is 414 g/mol. The van der Waals surface area contributed by atoms with E-state index in [4.69, 9.17) is 4.74 Å². The predicted molar refractivity (Wildman–Crippen MR) is 109 cm³/mol. The average Bonchev–Trinajstić information content (AvgIpc) is 2.47. The molecule has 112 valence electrons. The Morgan fingerprint density at radius 2 is 1.53 bits per heavy atom. The third-order valence-corrected chi connectivity index (χ3v) is 33.5. The van der Waals surface area contributed by atoms with Crippen molar-refractivity contribution in [2.45, 2.75) is 6.42 Å². The van der Waals surface area contributed by atoms with Crippen LogP contribution in [0.25, 0.3) is 0 Å². The molecule has 1 fully saturated rings. The first-order valence-corrected chi connectivity index (χ1v) is 19.9. The molecular weight excluding hydrogens is 393 g/mol. The van der Waals surface area contributed by atoms with Crippen molar-refractivity contribution in [3.8, 4) is 0 Å². The standard InChI is InChI=1S/C7H21N4P3S5/c1-15-13(16-2)9-12(8-6-5-7-19-12)10-14(11-13,17-3)18-4/h9-11H,5-7H2,1-4H3/q+2. The summed E-state index contributed by atoms with van der Waals surface area (Å²) in [6.45, 7) is -0.593. The smallest absolute Gasteiger partial charge is 0.260 e. The van der Waals surface area contributed by atoms with Gasteiger partial charge in [0.2, 0.25) is 6.56 Å². The van der Waals surface area contributed by atoms with Crippen LogP contribution in [0.4, 0.5) is 0 Å². The van der Waals surface area contributed by atoms with Crippen LogP contribution in [-0.4, -0.2) is 37.3 Å². The van der Waals surface area contributed by atoms with E-state index in [9.17, 15) is 0 Å². The highest BCUT2D eigenvalue weighted by Crippen LogP contribution is 2.93. The third kappa shape index (κ3) is 3.98. The summed E-state index contributed by atoms with van der Waals surface area (Å²) in [5, 5.41) is 0. The fourth-order valence-electron chi connectivity index (χ4n) is 1.71. The normalized spacial score (nSPS) is 28.0. The molecule has 0 aromatic carbocycles. The van der Waals surface area contributed by atoms with E-state index in [0.717, 1.165) is 6.54 Å². The lowest BCUT2D eigenvalue weighted by Gasteiger charge is -2.39. The van der Waals surface area contributed by atoms with Gasteiger partial charge in [-0.25, -0.2) is 0 Å². The lowest BCUT2D eigenvalue weighted by Crippen LogP contribution is -2.35. The van der Waals surface area contributed by atoms with Crippen molar-refractivity contribution in [3.05, 3.63) is 0 Å². The van der Waals surface area contributed by atoms with Crippen molar-refractivity contribution in [1.82, 2.24) is 14.6 Å². The molecule has 0 unspecified atom stereocenters. The lowest BCUT2D eigenvalue weighted by molar-refractivity contribution is 0.943. The van der Waals surface area contributed by atoms with Crippen LogP contribution in [0.5, 0.6) is 0 Å². The van der Waals surface area contributed by atoms with Crippen LogP contribution in [0.15, 0.2) is 4.74 Å². The lowest BCUT2D eigenvalue weighted by atomic mass is 10.5. The Morgan fingerprint density at radius 3 is 1.89 bits per heavy atom. The Balaban J connectivity index is 2.39. The summed E-state index contributed by atoms with van der Waals surface area (Å²) in [7, 11) is 0. The van der Waals surface area contributed by atoms with Crippen molar-refractivity contribution in [2.75, 3.05) is 37.3 Å². The van der Waals surface area contributed by atoms with E-state index in [1.807, 2.05) is 56.9 Å². The van der Waals surface area contributed by atoms with E-state index >= 15 is 0 Å². The SMILES string of the molecule is CS[P+]1(SC)NP2(=NCCCS2)N[P+](SC)(SC)N1. The van der Waals surface area contributed by atoms with Gasteiger partial charge in [-0.3, -0.25) is 4.74 Å². The van der Waals surface area contributed by atoms with Gasteiger partial charge in [-0.1, -0.05) is 21.1 Å². The highest BCUT2D eigenvalue weighted by molar-refractivity contribution is 9.01. The Morgan fingerprint density at radius 1 is 1.00 bits per heavy atom. The van der Waals surface area contributed by atoms with Gasteiger partial charge in [0.1, 0.15) is 0 Å². The van der Waals surface area contributed by atoms with Gasteiger partial charge in [-0.15, -0.1) is 0 Å². The quantitative estimate of drug-likeness (QED) is 0.510. The molecule has 0 aromatic heterocycles. The number of nitrogens with one attached hydrogen (secondary N) is 3. The Bertz CT molecular complexity index is 352. The van der Waals surface area contributed by atoms with Crippen LogP contribution in [-0.2, 0) is 0 Å². The van der Waals surface area contributed by atoms with Crippen LogP contribution in [0.1, 0.15) is 6.42 Å². The molecule has 19 heavy (non-hydrogen) atoms. The minimum Gasteiger partial charge on any atom is -0.260 e. The molecule has 1 spiro atoms. The topological polar surface area (TPSA) is 48.5 Å². The largest absolute Gasteiger partial charge is 0.314 e. The summed E-state index contributed by atoms with van der Waals surface area (Å²) < 4.78 is 5.02. The van der Waals surface area contributed by atoms with E-state index < -0.39 is 18.5 Å². The van der Waals surface area contributed by atoms with Gasteiger partial charge in [-0.2, -0.15) is 0 Å². The molecule has 2 heterocycles. The summed E-state index contributed by atoms with van der Waals surface area (Å²) in [6.07, 6.45) is 10.1. The molecular formula is C7H21N4P3S5+2. The zero-order chi connectivity index (χ0) is 14.0. The minimum atomic E-state index is -1.60. The number of nitrogens with zero attached hydrogens (tertiary/aromatic N) is 1. The van der Waals surface area contributed by atoms with Crippen molar-refractivity contribution >= 4 is 75.4 Å². The second-order valence-corrected chi connectivity index (χ2v) is 26.6. The molecule has 0 aliphatic carbocycles. The maximum absolute atomic E-state index is 5.02. The molecule has 3 N–H and O–H groups in total. The maximum Gasteiger partial charge on any atom is 0.314 e. The Kier molecular flexibility index (Phi) is 7.16. The van der Waals surface area contributed by atoms with E-state index in [-0.39, 0.29) is 0 Å². The molecule has 0 amide bonds. The predicted octanol–water partition coefficient (Wildman–Crippen LogP) is 5.66. The summed E-state index contributed by atoms with van der Waals surface area (Å²) in [5.74, 6) is -1.63. The van der Waals surface area contributed by atoms with Gasteiger partial charge in [0.15, 0.2) is 0 Å². The molecule has 2 aliphatic rings. The molecule has 2 aliphatic heterocycles. The van der Waals surface area contributed by atoms with Crippen LogP contribution >= 0.6 is 75.4 Å². The van der Waals surface area contributed by atoms with Crippen molar-refractivity contribution in [2.24, 2.45) is 4.74 Å². The highest BCUT2D eigenvalue weighted by atomic mass is 33.1. The number of hydrogen-bond donors (Lipinski definition) is 3. The summed E-state index contributed by atoms with van der Waals surface area (Å²) in [6, 6.07) is 0. The molecule has 12 heteroatoms. The number of rotatable bonds is 4. The molecule has 4 nitrogen and oxygen atoms in total. The van der Waals surface area contributed by atoms with E-state index in [0.29, 0.717) is 0 Å². The van der Waals surface area contributed by atoms with Crippen LogP contribution < -0.4 is 14.6 Å². The van der Waals surface area contributed by atoms with Gasteiger partial charge in [-0.05, 0) is 6.42 Å². The van der Waals surface area contributed by atoms with Crippen molar-refractivity contribution < 1.29 is 0 Å². The van der Waals surface area contributed by atoms with Gasteiger partial charge in [0, 0.05) is 42.2 Å². The van der Waals surface area contributed by atoms with Gasteiger partial charge in [0.25, 0.3) is 0 Å². The first kappa shape index (κ1) is 18.1. The highest BCUT2D eigenvalue weighted by Gasteiger charge is 2.64. The zero-order valence-corrected chi connectivity index (χ0v) is 18.2. The average molecular weight is 415 g/mol. The molecule has 0 saturated carbocycles. The second kappa shape index (κ2) is 7.53. The summed E-state index contributed by atoms with van der Waals surface area (Å²) in [5.41, 5.74) is 0. The molecule has 0 aromatic rings. The van der Waals surface area contributed by atoms with Crippen LogP contribution in [0.3, 0.4) is 0 Å². The van der Waals surface area contributed by atoms with Gasteiger partial charge in [0.05, 0.1) is 45.5 Å². The first-order valence-electron chi connectivity index (χ1n) is 5.69. The van der Waals surface area contributed by atoms with E-state index in [2.05, 4.69) is 39.6 Å². The van der Waals surface area contributed by atoms with Crippen molar-refractivity contribution in [3.63, 3.8) is 0 Å². The van der Waals surface area contributed by atoms with Gasteiger partial charge >= 0.3 is 11.9 Å². The molecule has 2 rings (SSSR count). The van der Waals surface area contributed by atoms with Crippen molar-refractivity contribution in [1.29, 1.82) is 0 Å².